The maximum absolute atomic E-state index is 12.5. The van der Waals surface area contributed by atoms with Crippen LogP contribution in [-0.2, 0) is 0 Å². The van der Waals surface area contributed by atoms with Gasteiger partial charge in [-0.15, -0.1) is 0 Å². The number of benzene rings is 1. The van der Waals surface area contributed by atoms with E-state index in [1.54, 1.807) is 11.0 Å². The lowest BCUT2D eigenvalue weighted by Crippen LogP contribution is -2.50. The van der Waals surface area contributed by atoms with E-state index in [2.05, 4.69) is 31.3 Å². The van der Waals surface area contributed by atoms with Crippen LogP contribution in [0.3, 0.4) is 0 Å². The van der Waals surface area contributed by atoms with Gasteiger partial charge in [-0.05, 0) is 42.2 Å². The Morgan fingerprint density at radius 3 is 2.33 bits per heavy atom. The Hall–Kier alpha value is -3.14. The Labute approximate surface area is 160 Å². The standard InChI is InChI=1S/C20H28N6O/c1-3-15(2)16-4-7-18(8-5-16)24-20(27)26-12-10-25(11-13-26)19(23)9-6-17(22)14-21/h4-9,15H,3,10-13,22-23H2,1-2H3,(H,24,27)/b17-6-,19-9+. The summed E-state index contributed by atoms with van der Waals surface area (Å²) >= 11 is 0. The molecule has 0 bridgehead atoms. The van der Waals surface area contributed by atoms with Crippen LogP contribution >= 0.6 is 0 Å². The van der Waals surface area contributed by atoms with Crippen molar-refractivity contribution in [2.24, 2.45) is 11.5 Å². The van der Waals surface area contributed by atoms with Crippen LogP contribution < -0.4 is 16.8 Å². The molecule has 0 aliphatic carbocycles. The van der Waals surface area contributed by atoms with Crippen LogP contribution in [-0.4, -0.2) is 42.0 Å². The minimum Gasteiger partial charge on any atom is -0.390 e. The van der Waals surface area contributed by atoms with E-state index in [4.69, 9.17) is 16.7 Å². The molecule has 1 aromatic rings. The van der Waals surface area contributed by atoms with Crippen molar-refractivity contribution in [1.82, 2.24) is 9.80 Å². The summed E-state index contributed by atoms with van der Waals surface area (Å²) in [6.45, 7) is 6.76. The molecule has 1 atom stereocenters. The minimum atomic E-state index is -0.109. The summed E-state index contributed by atoms with van der Waals surface area (Å²) in [7, 11) is 0. The SMILES string of the molecule is CCC(C)c1ccc(NC(=O)N2CCN(/C(N)=C/C=C(\N)C#N)CC2)cc1. The number of hydrogen-bond donors (Lipinski definition) is 3. The summed E-state index contributed by atoms with van der Waals surface area (Å²) in [5, 5.41) is 11.6. The molecule has 1 heterocycles. The lowest BCUT2D eigenvalue weighted by molar-refractivity contribution is 0.167. The van der Waals surface area contributed by atoms with Crippen molar-refractivity contribution in [2.75, 3.05) is 31.5 Å². The van der Waals surface area contributed by atoms with Crippen molar-refractivity contribution in [3.63, 3.8) is 0 Å². The molecule has 144 valence electrons. The average molecular weight is 368 g/mol. The molecule has 2 rings (SSSR count). The zero-order valence-electron chi connectivity index (χ0n) is 16.0. The van der Waals surface area contributed by atoms with Gasteiger partial charge in [0.15, 0.2) is 0 Å². The monoisotopic (exact) mass is 368 g/mol. The Kier molecular flexibility index (Phi) is 7.12. The number of nitrogens with one attached hydrogen (secondary N) is 1. The van der Waals surface area contributed by atoms with Crippen molar-refractivity contribution in [3.8, 4) is 6.07 Å². The molecule has 1 saturated heterocycles. The number of piperazine rings is 1. The predicted molar refractivity (Wildman–Crippen MR) is 107 cm³/mol. The van der Waals surface area contributed by atoms with Gasteiger partial charge in [-0.2, -0.15) is 5.26 Å². The van der Waals surface area contributed by atoms with E-state index in [9.17, 15) is 4.79 Å². The van der Waals surface area contributed by atoms with Crippen LogP contribution in [0.4, 0.5) is 10.5 Å². The van der Waals surface area contributed by atoms with E-state index < -0.39 is 0 Å². The van der Waals surface area contributed by atoms with Gasteiger partial charge in [-0.1, -0.05) is 26.0 Å². The van der Waals surface area contributed by atoms with E-state index in [-0.39, 0.29) is 11.7 Å². The van der Waals surface area contributed by atoms with E-state index in [1.807, 2.05) is 23.1 Å². The molecule has 0 radical (unpaired) electrons. The molecule has 1 fully saturated rings. The number of amides is 2. The second kappa shape index (κ2) is 9.53. The Morgan fingerprint density at radius 2 is 1.78 bits per heavy atom. The largest absolute Gasteiger partial charge is 0.390 e. The van der Waals surface area contributed by atoms with Crippen molar-refractivity contribution in [2.45, 2.75) is 26.2 Å². The molecular formula is C20H28N6O. The second-order valence-corrected chi connectivity index (χ2v) is 6.66. The first kappa shape index (κ1) is 20.2. The number of nitrogens with zero attached hydrogens (tertiary/aromatic N) is 3. The molecule has 27 heavy (non-hydrogen) atoms. The molecule has 1 unspecified atom stereocenters. The number of carbonyl (C=O) groups excluding carboxylic acids is 1. The predicted octanol–water partition coefficient (Wildman–Crippen LogP) is 2.52. The molecule has 0 saturated carbocycles. The zero-order chi connectivity index (χ0) is 19.8. The molecule has 5 N–H and O–H groups in total. The van der Waals surface area contributed by atoms with Gasteiger partial charge in [0.25, 0.3) is 0 Å². The Morgan fingerprint density at radius 1 is 1.19 bits per heavy atom. The molecule has 7 nitrogen and oxygen atoms in total. The van der Waals surface area contributed by atoms with Crippen molar-refractivity contribution in [3.05, 3.63) is 53.5 Å². The van der Waals surface area contributed by atoms with Crippen molar-refractivity contribution >= 4 is 11.7 Å². The fraction of sp³-hybridized carbons (Fsp3) is 0.400. The Bertz CT molecular complexity index is 739. The third kappa shape index (κ3) is 5.68. The molecule has 1 aromatic carbocycles. The summed E-state index contributed by atoms with van der Waals surface area (Å²) in [5.41, 5.74) is 13.6. The highest BCUT2D eigenvalue weighted by Crippen LogP contribution is 2.20. The Balaban J connectivity index is 1.87. The molecular weight excluding hydrogens is 340 g/mol. The summed E-state index contributed by atoms with van der Waals surface area (Å²) in [5.74, 6) is 1.05. The van der Waals surface area contributed by atoms with E-state index in [1.165, 1.54) is 11.6 Å². The lowest BCUT2D eigenvalue weighted by Gasteiger charge is -2.36. The van der Waals surface area contributed by atoms with Gasteiger partial charge in [-0.25, -0.2) is 4.79 Å². The van der Waals surface area contributed by atoms with Crippen LogP contribution in [0.25, 0.3) is 0 Å². The number of carbonyl (C=O) groups is 1. The number of allylic oxidation sites excluding steroid dienone is 3. The van der Waals surface area contributed by atoms with Crippen LogP contribution in [0, 0.1) is 11.3 Å². The molecule has 2 amide bonds. The van der Waals surface area contributed by atoms with Crippen LogP contribution in [0.15, 0.2) is 47.9 Å². The topological polar surface area (TPSA) is 111 Å². The number of anilines is 1. The van der Waals surface area contributed by atoms with Gasteiger partial charge in [0.1, 0.15) is 11.8 Å². The van der Waals surface area contributed by atoms with Crippen LogP contribution in [0.5, 0.6) is 0 Å². The minimum absolute atomic E-state index is 0.107. The summed E-state index contributed by atoms with van der Waals surface area (Å²) < 4.78 is 0. The maximum Gasteiger partial charge on any atom is 0.321 e. The third-order valence-corrected chi connectivity index (χ3v) is 4.84. The van der Waals surface area contributed by atoms with E-state index in [0.29, 0.717) is 37.9 Å². The zero-order valence-corrected chi connectivity index (χ0v) is 16.0. The van der Waals surface area contributed by atoms with E-state index in [0.717, 1.165) is 12.1 Å². The van der Waals surface area contributed by atoms with Crippen LogP contribution in [0.2, 0.25) is 0 Å². The summed E-state index contributed by atoms with van der Waals surface area (Å²) in [4.78, 5) is 16.2. The first-order valence-corrected chi connectivity index (χ1v) is 9.18. The van der Waals surface area contributed by atoms with Gasteiger partial charge in [0.05, 0.1) is 5.82 Å². The fourth-order valence-corrected chi connectivity index (χ4v) is 2.82. The number of nitriles is 1. The molecule has 1 aliphatic heterocycles. The fourth-order valence-electron chi connectivity index (χ4n) is 2.82. The highest BCUT2D eigenvalue weighted by atomic mass is 16.2. The van der Waals surface area contributed by atoms with Gasteiger partial charge < -0.3 is 26.6 Å². The molecule has 0 aromatic heterocycles. The first-order valence-electron chi connectivity index (χ1n) is 9.18. The average Bonchev–Trinajstić information content (AvgIpc) is 2.71. The van der Waals surface area contributed by atoms with Crippen LogP contribution in [0.1, 0.15) is 31.7 Å². The lowest BCUT2D eigenvalue weighted by atomic mass is 9.99. The number of nitrogens with two attached hydrogens (primary N) is 2. The first-order chi connectivity index (χ1) is 12.9. The molecule has 1 aliphatic rings. The molecule has 0 spiro atoms. The van der Waals surface area contributed by atoms with Gasteiger partial charge in [0, 0.05) is 31.9 Å². The normalized spacial score (nSPS) is 16.6. The summed E-state index contributed by atoms with van der Waals surface area (Å²) in [6.07, 6.45) is 4.19. The van der Waals surface area contributed by atoms with Crippen molar-refractivity contribution in [1.29, 1.82) is 5.26 Å². The number of hydrogen-bond acceptors (Lipinski definition) is 5. The second-order valence-electron chi connectivity index (χ2n) is 6.66. The number of urea groups is 1. The molecule has 7 heteroatoms. The van der Waals surface area contributed by atoms with E-state index >= 15 is 0 Å². The highest BCUT2D eigenvalue weighted by Gasteiger charge is 2.21. The van der Waals surface area contributed by atoms with Gasteiger partial charge in [0.2, 0.25) is 0 Å². The van der Waals surface area contributed by atoms with Gasteiger partial charge in [-0.3, -0.25) is 0 Å². The highest BCUT2D eigenvalue weighted by molar-refractivity contribution is 5.89. The maximum atomic E-state index is 12.5. The quantitative estimate of drug-likeness (QED) is 0.546. The third-order valence-electron chi connectivity index (χ3n) is 4.84. The number of rotatable bonds is 5. The summed E-state index contributed by atoms with van der Waals surface area (Å²) in [6, 6.07) is 9.75. The van der Waals surface area contributed by atoms with Crippen molar-refractivity contribution < 1.29 is 4.79 Å². The smallest absolute Gasteiger partial charge is 0.321 e. The van der Waals surface area contributed by atoms with Gasteiger partial charge >= 0.3 is 6.03 Å².